The quantitative estimate of drug-likeness (QED) is 0.608. The third-order valence-corrected chi connectivity index (χ3v) is 4.18. The van der Waals surface area contributed by atoms with Crippen molar-refractivity contribution in [1.82, 2.24) is 15.6 Å². The number of guanidine groups is 1. The van der Waals surface area contributed by atoms with Gasteiger partial charge < -0.3 is 15.1 Å². The molecule has 0 aliphatic heterocycles. The van der Waals surface area contributed by atoms with E-state index >= 15 is 0 Å². The van der Waals surface area contributed by atoms with Crippen molar-refractivity contribution in [2.75, 3.05) is 13.6 Å². The molecule has 1 aromatic heterocycles. The average molecular weight is 357 g/mol. The van der Waals surface area contributed by atoms with Crippen LogP contribution in [0.1, 0.15) is 51.8 Å². The van der Waals surface area contributed by atoms with Crippen molar-refractivity contribution >= 4 is 5.96 Å². The number of aliphatic imine (C=N–C) groups is 1. The number of hydrogen-bond donors (Lipinski definition) is 2. The fourth-order valence-corrected chi connectivity index (χ4v) is 2.65. The van der Waals surface area contributed by atoms with Crippen LogP contribution in [0.4, 0.5) is 0 Å². The minimum Gasteiger partial charge on any atom is -0.443 e. The van der Waals surface area contributed by atoms with E-state index in [1.807, 2.05) is 6.07 Å². The third-order valence-electron chi connectivity index (χ3n) is 4.18. The lowest BCUT2D eigenvalue weighted by molar-refractivity contribution is 0.357. The van der Waals surface area contributed by atoms with E-state index in [1.54, 1.807) is 13.2 Å². The Hall–Kier alpha value is -2.30. The summed E-state index contributed by atoms with van der Waals surface area (Å²) in [7, 11) is 1.77. The van der Waals surface area contributed by atoms with Crippen LogP contribution in [0.5, 0.6) is 0 Å². The van der Waals surface area contributed by atoms with Gasteiger partial charge in [-0.15, -0.1) is 0 Å². The van der Waals surface area contributed by atoms with E-state index in [9.17, 15) is 0 Å². The van der Waals surface area contributed by atoms with E-state index < -0.39 is 0 Å². The van der Waals surface area contributed by atoms with Crippen LogP contribution in [0.15, 0.2) is 45.9 Å². The number of nitrogens with zero attached hydrogens (tertiary/aromatic N) is 2. The predicted octanol–water partition coefficient (Wildman–Crippen LogP) is 3.91. The Bertz CT molecular complexity index is 711. The van der Waals surface area contributed by atoms with Gasteiger partial charge in [0.15, 0.2) is 5.96 Å². The zero-order chi connectivity index (χ0) is 19.2. The Morgan fingerprint density at radius 1 is 1.08 bits per heavy atom. The molecule has 0 saturated carbocycles. The van der Waals surface area contributed by atoms with E-state index in [2.05, 4.69) is 79.5 Å². The van der Waals surface area contributed by atoms with Crippen LogP contribution < -0.4 is 10.6 Å². The van der Waals surface area contributed by atoms with Crippen molar-refractivity contribution in [1.29, 1.82) is 0 Å². The van der Waals surface area contributed by atoms with Gasteiger partial charge in [-0.05, 0) is 17.4 Å². The molecule has 0 amide bonds. The van der Waals surface area contributed by atoms with Crippen molar-refractivity contribution in [2.45, 2.75) is 53.0 Å². The smallest absolute Gasteiger partial charge is 0.213 e. The molecule has 0 spiro atoms. The first-order valence-corrected chi connectivity index (χ1v) is 9.13. The SMILES string of the molecule is CN=C(NCc1ncc(C(C)(C)C)o1)NCC(C)(C)Cc1ccccc1. The zero-order valence-electron chi connectivity index (χ0n) is 16.9. The zero-order valence-corrected chi connectivity index (χ0v) is 16.9. The molecule has 5 heteroatoms. The highest BCUT2D eigenvalue weighted by atomic mass is 16.4. The molecule has 0 saturated heterocycles. The first kappa shape index (κ1) is 20.0. The number of hydrogen-bond acceptors (Lipinski definition) is 3. The molecule has 0 aliphatic rings. The van der Waals surface area contributed by atoms with Crippen molar-refractivity contribution < 1.29 is 4.42 Å². The van der Waals surface area contributed by atoms with Gasteiger partial charge in [0.25, 0.3) is 0 Å². The summed E-state index contributed by atoms with van der Waals surface area (Å²) in [6.45, 7) is 12.2. The maximum Gasteiger partial charge on any atom is 0.213 e. The van der Waals surface area contributed by atoms with Gasteiger partial charge in [-0.2, -0.15) is 0 Å². The van der Waals surface area contributed by atoms with Gasteiger partial charge >= 0.3 is 0 Å². The molecule has 0 aliphatic carbocycles. The van der Waals surface area contributed by atoms with Crippen LogP contribution in [-0.4, -0.2) is 24.5 Å². The first-order valence-electron chi connectivity index (χ1n) is 9.13. The maximum atomic E-state index is 5.81. The maximum absolute atomic E-state index is 5.81. The summed E-state index contributed by atoms with van der Waals surface area (Å²) < 4.78 is 5.81. The molecule has 2 rings (SSSR count). The van der Waals surface area contributed by atoms with Crippen molar-refractivity contribution in [3.05, 3.63) is 53.7 Å². The molecule has 0 radical (unpaired) electrons. The molecule has 2 N–H and O–H groups in total. The number of oxazole rings is 1. The van der Waals surface area contributed by atoms with Crippen LogP contribution >= 0.6 is 0 Å². The van der Waals surface area contributed by atoms with Gasteiger partial charge in [0.1, 0.15) is 5.76 Å². The van der Waals surface area contributed by atoms with Crippen molar-refractivity contribution in [2.24, 2.45) is 10.4 Å². The summed E-state index contributed by atoms with van der Waals surface area (Å²) in [5.41, 5.74) is 1.42. The second-order valence-corrected chi connectivity index (χ2v) is 8.47. The molecule has 5 nitrogen and oxygen atoms in total. The Morgan fingerprint density at radius 3 is 2.35 bits per heavy atom. The first-order chi connectivity index (χ1) is 12.2. The Balaban J connectivity index is 1.84. The van der Waals surface area contributed by atoms with Crippen LogP contribution in [-0.2, 0) is 18.4 Å². The lowest BCUT2D eigenvalue weighted by Crippen LogP contribution is -2.42. The number of benzene rings is 1. The largest absolute Gasteiger partial charge is 0.443 e. The molecule has 0 fully saturated rings. The van der Waals surface area contributed by atoms with Crippen molar-refractivity contribution in [3.8, 4) is 0 Å². The minimum absolute atomic E-state index is 0.0351. The average Bonchev–Trinajstić information content (AvgIpc) is 3.05. The van der Waals surface area contributed by atoms with Gasteiger partial charge in [0, 0.05) is 19.0 Å². The monoisotopic (exact) mass is 356 g/mol. The lowest BCUT2D eigenvalue weighted by Gasteiger charge is -2.26. The number of aromatic nitrogens is 1. The second-order valence-electron chi connectivity index (χ2n) is 8.47. The van der Waals surface area contributed by atoms with Crippen LogP contribution in [0, 0.1) is 5.41 Å². The van der Waals surface area contributed by atoms with Gasteiger partial charge in [-0.25, -0.2) is 4.98 Å². The number of rotatable bonds is 6. The fraction of sp³-hybridized carbons (Fsp3) is 0.524. The Kier molecular flexibility index (Phi) is 6.46. The van der Waals surface area contributed by atoms with Crippen LogP contribution in [0.25, 0.3) is 0 Å². The summed E-state index contributed by atoms with van der Waals surface area (Å²) in [5, 5.41) is 6.68. The molecule has 0 atom stereocenters. The molecule has 26 heavy (non-hydrogen) atoms. The highest BCUT2D eigenvalue weighted by Crippen LogP contribution is 2.22. The topological polar surface area (TPSA) is 62.5 Å². The molecular weight excluding hydrogens is 324 g/mol. The summed E-state index contributed by atoms with van der Waals surface area (Å²) in [6, 6.07) is 10.6. The summed E-state index contributed by atoms with van der Waals surface area (Å²) >= 11 is 0. The highest BCUT2D eigenvalue weighted by molar-refractivity contribution is 5.79. The summed E-state index contributed by atoms with van der Waals surface area (Å²) in [6.07, 6.45) is 2.81. The predicted molar refractivity (Wildman–Crippen MR) is 107 cm³/mol. The van der Waals surface area contributed by atoms with E-state index in [0.717, 1.165) is 24.7 Å². The van der Waals surface area contributed by atoms with E-state index in [1.165, 1.54) is 5.56 Å². The van der Waals surface area contributed by atoms with E-state index in [4.69, 9.17) is 4.42 Å². The fourth-order valence-electron chi connectivity index (χ4n) is 2.65. The van der Waals surface area contributed by atoms with Gasteiger partial charge in [0.05, 0.1) is 12.7 Å². The normalized spacial score (nSPS) is 12.9. The molecule has 1 aromatic carbocycles. The molecule has 142 valence electrons. The van der Waals surface area contributed by atoms with Gasteiger partial charge in [-0.3, -0.25) is 4.99 Å². The summed E-state index contributed by atoms with van der Waals surface area (Å²) in [5.74, 6) is 2.31. The van der Waals surface area contributed by atoms with E-state index in [0.29, 0.717) is 12.4 Å². The third kappa shape index (κ3) is 6.21. The molecular formula is C21H32N4O. The Morgan fingerprint density at radius 2 is 1.77 bits per heavy atom. The van der Waals surface area contributed by atoms with Crippen LogP contribution in [0.2, 0.25) is 0 Å². The molecule has 1 heterocycles. The lowest BCUT2D eigenvalue weighted by atomic mass is 9.86. The standard InChI is InChI=1S/C21H32N4O/c1-20(2,3)17-13-23-18(26-17)14-24-19(22-6)25-15-21(4,5)12-16-10-8-7-9-11-16/h7-11,13H,12,14-15H2,1-6H3,(H2,22,24,25). The van der Waals surface area contributed by atoms with Crippen molar-refractivity contribution in [3.63, 3.8) is 0 Å². The van der Waals surface area contributed by atoms with Gasteiger partial charge in [-0.1, -0.05) is 65.0 Å². The Labute approximate surface area is 157 Å². The molecule has 0 unspecified atom stereocenters. The highest BCUT2D eigenvalue weighted by Gasteiger charge is 2.20. The summed E-state index contributed by atoms with van der Waals surface area (Å²) in [4.78, 5) is 8.64. The number of nitrogens with one attached hydrogen (secondary N) is 2. The van der Waals surface area contributed by atoms with Crippen LogP contribution in [0.3, 0.4) is 0 Å². The van der Waals surface area contributed by atoms with Gasteiger partial charge in [0.2, 0.25) is 5.89 Å². The molecule has 2 aromatic rings. The molecule has 0 bridgehead atoms. The van der Waals surface area contributed by atoms with E-state index in [-0.39, 0.29) is 10.8 Å². The second kappa shape index (κ2) is 8.39. The minimum atomic E-state index is -0.0351.